The van der Waals surface area contributed by atoms with E-state index in [4.69, 9.17) is 5.21 Å². The molecule has 0 atom stereocenters. The summed E-state index contributed by atoms with van der Waals surface area (Å²) in [5, 5.41) is 11.8. The highest BCUT2D eigenvalue weighted by Gasteiger charge is 2.00. The van der Waals surface area contributed by atoms with Crippen molar-refractivity contribution in [3.8, 4) is 0 Å². The summed E-state index contributed by atoms with van der Waals surface area (Å²) in [5.74, 6) is 0. The molecule has 0 aromatic heterocycles. The van der Waals surface area contributed by atoms with Gasteiger partial charge in [0.1, 0.15) is 0 Å². The number of alkyl halides is 1. The van der Waals surface area contributed by atoms with E-state index in [0.29, 0.717) is 0 Å². The van der Waals surface area contributed by atoms with Gasteiger partial charge in [-0.15, -0.1) is 0 Å². The summed E-state index contributed by atoms with van der Waals surface area (Å²) < 4.78 is 0.720. The van der Waals surface area contributed by atoms with Crippen molar-refractivity contribution in [2.45, 2.75) is 6.92 Å². The fourth-order valence-electron chi connectivity index (χ4n) is 0.908. The van der Waals surface area contributed by atoms with Gasteiger partial charge in [-0.3, -0.25) is 0 Å². The standard InChI is InChI=1S/C9H10INO/c1-7-2-4-8(5-3-7)9(6-10)11-12/h2-5,12H,6H2,1H3/b11-9-. The third kappa shape index (κ3) is 2.20. The number of halogens is 1. The van der Waals surface area contributed by atoms with Crippen molar-refractivity contribution in [1.29, 1.82) is 0 Å². The van der Waals surface area contributed by atoms with Crippen LogP contribution in [0.1, 0.15) is 11.1 Å². The van der Waals surface area contributed by atoms with Crippen molar-refractivity contribution in [3.63, 3.8) is 0 Å². The Morgan fingerprint density at radius 2 is 2.00 bits per heavy atom. The van der Waals surface area contributed by atoms with Crippen molar-refractivity contribution < 1.29 is 5.21 Å². The van der Waals surface area contributed by atoms with Crippen LogP contribution in [0, 0.1) is 6.92 Å². The highest BCUT2D eigenvalue weighted by atomic mass is 127. The Labute approximate surface area is 85.4 Å². The summed E-state index contributed by atoms with van der Waals surface area (Å²) in [6, 6.07) is 7.94. The van der Waals surface area contributed by atoms with E-state index in [9.17, 15) is 0 Å². The molecule has 12 heavy (non-hydrogen) atoms. The topological polar surface area (TPSA) is 32.6 Å². The molecule has 0 heterocycles. The molecule has 0 aliphatic heterocycles. The summed E-state index contributed by atoms with van der Waals surface area (Å²) >= 11 is 2.17. The van der Waals surface area contributed by atoms with Crippen molar-refractivity contribution in [1.82, 2.24) is 0 Å². The van der Waals surface area contributed by atoms with Crippen LogP contribution in [0.4, 0.5) is 0 Å². The first-order valence-corrected chi connectivity index (χ1v) is 5.14. The van der Waals surface area contributed by atoms with E-state index in [1.165, 1.54) is 5.56 Å². The smallest absolute Gasteiger partial charge is 0.0964 e. The zero-order chi connectivity index (χ0) is 8.97. The van der Waals surface area contributed by atoms with Crippen LogP contribution >= 0.6 is 22.6 Å². The van der Waals surface area contributed by atoms with Gasteiger partial charge in [-0.2, -0.15) is 0 Å². The Hall–Kier alpha value is -0.580. The molecule has 0 aliphatic rings. The van der Waals surface area contributed by atoms with E-state index in [1.807, 2.05) is 31.2 Å². The van der Waals surface area contributed by atoms with Crippen molar-refractivity contribution >= 4 is 28.3 Å². The summed E-state index contributed by atoms with van der Waals surface area (Å²) in [6.45, 7) is 2.03. The molecule has 64 valence electrons. The lowest BCUT2D eigenvalue weighted by molar-refractivity contribution is 0.319. The Bertz CT molecular complexity index is 279. The van der Waals surface area contributed by atoms with Crippen LogP contribution in [0.3, 0.4) is 0 Å². The molecule has 0 unspecified atom stereocenters. The molecule has 1 aromatic rings. The molecule has 0 saturated heterocycles. The Morgan fingerprint density at radius 1 is 1.42 bits per heavy atom. The minimum Gasteiger partial charge on any atom is -0.411 e. The molecule has 1 rings (SSSR count). The minimum atomic E-state index is 0.718. The summed E-state index contributed by atoms with van der Waals surface area (Å²) in [5.41, 5.74) is 2.91. The largest absolute Gasteiger partial charge is 0.411 e. The average Bonchev–Trinajstić information content (AvgIpc) is 2.10. The zero-order valence-electron chi connectivity index (χ0n) is 6.79. The summed E-state index contributed by atoms with van der Waals surface area (Å²) in [6.07, 6.45) is 0. The quantitative estimate of drug-likeness (QED) is 0.291. The second kappa shape index (κ2) is 4.45. The lowest BCUT2D eigenvalue weighted by Crippen LogP contribution is -2.01. The van der Waals surface area contributed by atoms with Crippen molar-refractivity contribution in [3.05, 3.63) is 35.4 Å². The van der Waals surface area contributed by atoms with Gasteiger partial charge in [0.25, 0.3) is 0 Å². The third-order valence-corrected chi connectivity index (χ3v) is 2.35. The van der Waals surface area contributed by atoms with E-state index in [2.05, 4.69) is 27.7 Å². The maximum Gasteiger partial charge on any atom is 0.0964 e. The minimum absolute atomic E-state index is 0.718. The van der Waals surface area contributed by atoms with Gasteiger partial charge >= 0.3 is 0 Å². The molecule has 0 bridgehead atoms. The fourth-order valence-corrected chi connectivity index (χ4v) is 1.50. The highest BCUT2D eigenvalue weighted by Crippen LogP contribution is 2.06. The van der Waals surface area contributed by atoms with E-state index < -0.39 is 0 Å². The Kier molecular flexibility index (Phi) is 3.52. The van der Waals surface area contributed by atoms with E-state index in [-0.39, 0.29) is 0 Å². The van der Waals surface area contributed by atoms with Crippen LogP contribution in [0.25, 0.3) is 0 Å². The lowest BCUT2D eigenvalue weighted by atomic mass is 10.1. The number of hydrogen-bond donors (Lipinski definition) is 1. The molecular weight excluding hydrogens is 265 g/mol. The molecule has 2 nitrogen and oxygen atoms in total. The average molecular weight is 275 g/mol. The number of rotatable bonds is 2. The lowest BCUT2D eigenvalue weighted by Gasteiger charge is -2.00. The van der Waals surface area contributed by atoms with E-state index in [0.717, 1.165) is 15.7 Å². The summed E-state index contributed by atoms with van der Waals surface area (Å²) in [4.78, 5) is 0. The first-order chi connectivity index (χ1) is 5.77. The first kappa shape index (κ1) is 9.51. The third-order valence-electron chi connectivity index (χ3n) is 1.63. The van der Waals surface area contributed by atoms with Crippen LogP contribution in [0.2, 0.25) is 0 Å². The molecule has 0 radical (unpaired) electrons. The number of benzene rings is 1. The van der Waals surface area contributed by atoms with Crippen LogP contribution in [0.5, 0.6) is 0 Å². The number of nitrogens with zero attached hydrogens (tertiary/aromatic N) is 1. The molecule has 3 heteroatoms. The predicted octanol–water partition coefficient (Wildman–Crippen LogP) is 2.61. The van der Waals surface area contributed by atoms with Gasteiger partial charge in [-0.05, 0) is 6.92 Å². The second-order valence-corrected chi connectivity index (χ2v) is 3.31. The number of hydrogen-bond acceptors (Lipinski definition) is 2. The maximum absolute atomic E-state index is 8.63. The monoisotopic (exact) mass is 275 g/mol. The van der Waals surface area contributed by atoms with Crippen LogP contribution in [0.15, 0.2) is 29.4 Å². The van der Waals surface area contributed by atoms with Gasteiger partial charge in [0.2, 0.25) is 0 Å². The van der Waals surface area contributed by atoms with Gasteiger partial charge in [-0.25, -0.2) is 0 Å². The van der Waals surface area contributed by atoms with Crippen LogP contribution in [-0.4, -0.2) is 15.3 Å². The Balaban J connectivity index is 2.96. The van der Waals surface area contributed by atoms with Gasteiger partial charge in [-0.1, -0.05) is 57.6 Å². The van der Waals surface area contributed by atoms with Crippen molar-refractivity contribution in [2.75, 3.05) is 4.43 Å². The molecule has 0 aliphatic carbocycles. The Morgan fingerprint density at radius 3 is 2.42 bits per heavy atom. The maximum atomic E-state index is 8.63. The van der Waals surface area contributed by atoms with Crippen LogP contribution < -0.4 is 0 Å². The van der Waals surface area contributed by atoms with Gasteiger partial charge in [0.15, 0.2) is 0 Å². The van der Waals surface area contributed by atoms with E-state index in [1.54, 1.807) is 0 Å². The molecule has 0 fully saturated rings. The highest BCUT2D eigenvalue weighted by molar-refractivity contribution is 14.1. The van der Waals surface area contributed by atoms with Crippen molar-refractivity contribution in [2.24, 2.45) is 5.16 Å². The van der Waals surface area contributed by atoms with Gasteiger partial charge < -0.3 is 5.21 Å². The zero-order valence-corrected chi connectivity index (χ0v) is 8.95. The SMILES string of the molecule is Cc1ccc(/C(CI)=N\O)cc1. The number of aryl methyl sites for hydroxylation is 1. The molecule has 1 aromatic carbocycles. The molecule has 0 saturated carbocycles. The number of oxime groups is 1. The molecule has 0 spiro atoms. The molecule has 0 amide bonds. The molecule has 1 N–H and O–H groups in total. The van der Waals surface area contributed by atoms with Crippen LogP contribution in [-0.2, 0) is 0 Å². The van der Waals surface area contributed by atoms with Gasteiger partial charge in [0.05, 0.1) is 5.71 Å². The molecular formula is C9H10INO. The normalized spacial score (nSPS) is 11.7. The fraction of sp³-hybridized carbons (Fsp3) is 0.222. The van der Waals surface area contributed by atoms with Gasteiger partial charge in [0, 0.05) is 9.99 Å². The summed E-state index contributed by atoms with van der Waals surface area (Å²) in [7, 11) is 0. The van der Waals surface area contributed by atoms with E-state index >= 15 is 0 Å². The second-order valence-electron chi connectivity index (χ2n) is 2.55. The first-order valence-electron chi connectivity index (χ1n) is 3.62. The predicted molar refractivity (Wildman–Crippen MR) is 58.4 cm³/mol.